The molecule has 0 fully saturated rings. The average molecular weight is 370 g/mol. The summed E-state index contributed by atoms with van der Waals surface area (Å²) >= 11 is 0. The highest BCUT2D eigenvalue weighted by atomic mass is 16.1. The summed E-state index contributed by atoms with van der Waals surface area (Å²) in [5, 5.41) is 0. The summed E-state index contributed by atoms with van der Waals surface area (Å²) in [5.41, 5.74) is 4.90. The highest BCUT2D eigenvalue weighted by Gasteiger charge is 2.35. The second-order valence-electron chi connectivity index (χ2n) is 10.2. The Kier molecular flexibility index (Phi) is 4.92. The van der Waals surface area contributed by atoms with E-state index in [-0.39, 0.29) is 16.5 Å². The third kappa shape index (κ3) is 3.77. The second-order valence-corrected chi connectivity index (χ2v) is 10.2. The van der Waals surface area contributed by atoms with Crippen molar-refractivity contribution in [2.45, 2.75) is 66.1 Å². The minimum absolute atomic E-state index is 0.0193. The third-order valence-corrected chi connectivity index (χ3v) is 5.77. The van der Waals surface area contributed by atoms with Crippen molar-refractivity contribution in [1.82, 2.24) is 14.4 Å². The van der Waals surface area contributed by atoms with Crippen molar-refractivity contribution in [2.24, 2.45) is 12.5 Å². The fourth-order valence-corrected chi connectivity index (χ4v) is 4.21. The van der Waals surface area contributed by atoms with E-state index < -0.39 is 0 Å². The summed E-state index contributed by atoms with van der Waals surface area (Å²) in [6, 6.07) is 0.340. The Morgan fingerprint density at radius 1 is 1.04 bits per heavy atom. The number of likely N-dealkylation sites (N-methyl/N-ethyl adjacent to an activating group) is 1. The van der Waals surface area contributed by atoms with Crippen molar-refractivity contribution >= 4 is 5.57 Å². The molecule has 2 aliphatic heterocycles. The molecule has 1 aromatic heterocycles. The number of pyridine rings is 1. The molecule has 0 N–H and O–H groups in total. The molecule has 1 atom stereocenters. The van der Waals surface area contributed by atoms with Crippen LogP contribution in [-0.2, 0) is 20.0 Å². The van der Waals surface area contributed by atoms with E-state index in [4.69, 9.17) is 0 Å². The fourth-order valence-electron chi connectivity index (χ4n) is 4.21. The Bertz CT molecular complexity index is 846. The predicted octanol–water partition coefficient (Wildman–Crippen LogP) is 3.80. The normalized spacial score (nSPS) is 21.3. The lowest BCUT2D eigenvalue weighted by atomic mass is 9.81. The molecule has 148 valence electrons. The average Bonchev–Trinajstić information content (AvgIpc) is 2.56. The molecule has 2 aliphatic rings. The smallest absolute Gasteiger partial charge is 0.253 e. The molecule has 0 spiro atoms. The van der Waals surface area contributed by atoms with Crippen molar-refractivity contribution in [3.63, 3.8) is 0 Å². The zero-order chi connectivity index (χ0) is 20.1. The summed E-state index contributed by atoms with van der Waals surface area (Å²) in [7, 11) is 4.00. The van der Waals surface area contributed by atoms with Crippen LogP contribution in [0.4, 0.5) is 0 Å². The van der Waals surface area contributed by atoms with Crippen LogP contribution in [-0.4, -0.2) is 39.5 Å². The van der Waals surface area contributed by atoms with Crippen molar-refractivity contribution in [1.29, 1.82) is 0 Å². The first-order chi connectivity index (χ1) is 12.4. The molecular weight excluding hydrogens is 334 g/mol. The van der Waals surface area contributed by atoms with Crippen molar-refractivity contribution in [2.75, 3.05) is 13.6 Å². The molecule has 1 aromatic rings. The summed E-state index contributed by atoms with van der Waals surface area (Å²) in [6.07, 6.45) is 9.76. The van der Waals surface area contributed by atoms with Crippen LogP contribution >= 0.6 is 0 Å². The van der Waals surface area contributed by atoms with Gasteiger partial charge in [0.2, 0.25) is 0 Å². The van der Waals surface area contributed by atoms with E-state index in [2.05, 4.69) is 76.7 Å². The molecule has 4 nitrogen and oxygen atoms in total. The standard InChI is InChI=1S/C23H35N3O/c1-22(2,3)20-10-9-16(13-26(20)23(4,5)6)18-15-25(8)21(27)17-11-12-24(7)14-19(17)18/h9-10,13,15,20H,11-12,14H2,1-8H3. The number of hydrogen-bond acceptors (Lipinski definition) is 3. The highest BCUT2D eigenvalue weighted by Crippen LogP contribution is 2.37. The molecule has 1 unspecified atom stereocenters. The molecule has 3 rings (SSSR count). The van der Waals surface area contributed by atoms with Gasteiger partial charge in [0.05, 0.1) is 6.04 Å². The molecule has 0 aliphatic carbocycles. The topological polar surface area (TPSA) is 28.5 Å². The maximum Gasteiger partial charge on any atom is 0.253 e. The van der Waals surface area contributed by atoms with Gasteiger partial charge in [0.25, 0.3) is 5.56 Å². The quantitative estimate of drug-likeness (QED) is 0.754. The van der Waals surface area contributed by atoms with Crippen LogP contribution in [0.3, 0.4) is 0 Å². The Morgan fingerprint density at radius 3 is 2.30 bits per heavy atom. The van der Waals surface area contributed by atoms with E-state index in [1.54, 1.807) is 4.57 Å². The summed E-state index contributed by atoms with van der Waals surface area (Å²) < 4.78 is 1.76. The first-order valence-corrected chi connectivity index (χ1v) is 9.98. The molecule has 3 heterocycles. The van der Waals surface area contributed by atoms with E-state index in [1.165, 1.54) is 16.7 Å². The van der Waals surface area contributed by atoms with E-state index >= 15 is 0 Å². The van der Waals surface area contributed by atoms with Gasteiger partial charge < -0.3 is 14.4 Å². The largest absolute Gasteiger partial charge is 0.365 e. The van der Waals surface area contributed by atoms with E-state index in [9.17, 15) is 4.79 Å². The first kappa shape index (κ1) is 19.9. The summed E-state index contributed by atoms with van der Waals surface area (Å²) in [4.78, 5) is 17.4. The number of allylic oxidation sites excluding steroid dienone is 2. The maximum atomic E-state index is 12.7. The van der Waals surface area contributed by atoms with Gasteiger partial charge in [-0.05, 0) is 50.8 Å². The number of aromatic nitrogens is 1. The van der Waals surface area contributed by atoms with Crippen LogP contribution in [0, 0.1) is 5.41 Å². The Balaban J connectivity index is 2.15. The Labute approximate surface area is 164 Å². The molecule has 0 saturated heterocycles. The Morgan fingerprint density at radius 2 is 1.70 bits per heavy atom. The van der Waals surface area contributed by atoms with E-state index in [0.29, 0.717) is 6.04 Å². The van der Waals surface area contributed by atoms with Crippen LogP contribution in [0.2, 0.25) is 0 Å². The number of aryl methyl sites for hydroxylation is 1. The van der Waals surface area contributed by atoms with Gasteiger partial charge in [0, 0.05) is 49.2 Å². The molecular formula is C23H35N3O. The van der Waals surface area contributed by atoms with Gasteiger partial charge >= 0.3 is 0 Å². The van der Waals surface area contributed by atoms with Crippen molar-refractivity contribution in [3.05, 3.63) is 51.6 Å². The minimum atomic E-state index is 0.0193. The van der Waals surface area contributed by atoms with Crippen molar-refractivity contribution < 1.29 is 0 Å². The number of nitrogens with zero attached hydrogens (tertiary/aromatic N) is 3. The van der Waals surface area contributed by atoms with E-state index in [0.717, 1.165) is 25.1 Å². The minimum Gasteiger partial charge on any atom is -0.365 e. The summed E-state index contributed by atoms with van der Waals surface area (Å²) in [5.74, 6) is 0. The van der Waals surface area contributed by atoms with Crippen molar-refractivity contribution in [3.8, 4) is 0 Å². The number of rotatable bonds is 1. The molecule has 4 heteroatoms. The van der Waals surface area contributed by atoms with Gasteiger partial charge in [-0.3, -0.25) is 4.79 Å². The Hall–Kier alpha value is -1.81. The van der Waals surface area contributed by atoms with E-state index in [1.807, 2.05) is 13.2 Å². The third-order valence-electron chi connectivity index (χ3n) is 5.77. The van der Waals surface area contributed by atoms with Crippen LogP contribution in [0.1, 0.15) is 58.2 Å². The van der Waals surface area contributed by atoms with Crippen LogP contribution < -0.4 is 5.56 Å². The van der Waals surface area contributed by atoms with Gasteiger partial charge in [0.1, 0.15) is 0 Å². The molecule has 0 saturated carbocycles. The SMILES string of the molecule is CN1CCc2c(c(C3=CN(C(C)(C)C)C(C(C)(C)C)C=C3)cn(C)c2=O)C1. The monoisotopic (exact) mass is 369 g/mol. The van der Waals surface area contributed by atoms with Gasteiger partial charge in [-0.2, -0.15) is 0 Å². The van der Waals surface area contributed by atoms with Gasteiger partial charge in [-0.15, -0.1) is 0 Å². The molecule has 0 radical (unpaired) electrons. The van der Waals surface area contributed by atoms with Gasteiger partial charge in [0.15, 0.2) is 0 Å². The molecule has 27 heavy (non-hydrogen) atoms. The molecule has 0 aromatic carbocycles. The maximum absolute atomic E-state index is 12.7. The van der Waals surface area contributed by atoms with Crippen LogP contribution in [0.5, 0.6) is 0 Å². The second kappa shape index (κ2) is 6.66. The molecule has 0 amide bonds. The lowest BCUT2D eigenvalue weighted by Gasteiger charge is -2.47. The zero-order valence-electron chi connectivity index (χ0n) is 18.3. The van der Waals surface area contributed by atoms with Crippen LogP contribution in [0.25, 0.3) is 5.57 Å². The number of fused-ring (bicyclic) bond motifs is 1. The predicted molar refractivity (Wildman–Crippen MR) is 114 cm³/mol. The van der Waals surface area contributed by atoms with Gasteiger partial charge in [-0.25, -0.2) is 0 Å². The highest BCUT2D eigenvalue weighted by molar-refractivity contribution is 5.77. The van der Waals surface area contributed by atoms with Gasteiger partial charge in [-0.1, -0.05) is 32.9 Å². The number of hydrogen-bond donors (Lipinski definition) is 0. The summed E-state index contributed by atoms with van der Waals surface area (Å²) in [6.45, 7) is 15.5. The molecule has 0 bridgehead atoms. The zero-order valence-corrected chi connectivity index (χ0v) is 18.3. The lowest BCUT2D eigenvalue weighted by Crippen LogP contribution is -2.50. The van der Waals surface area contributed by atoms with Crippen LogP contribution in [0.15, 0.2) is 29.3 Å². The first-order valence-electron chi connectivity index (χ1n) is 9.98. The fraction of sp³-hybridized carbons (Fsp3) is 0.609. The lowest BCUT2D eigenvalue weighted by molar-refractivity contribution is 0.0985.